The highest BCUT2D eigenvalue weighted by Crippen LogP contribution is 2.18. The van der Waals surface area contributed by atoms with Gasteiger partial charge in [-0.3, -0.25) is 10.1 Å². The largest absolute Gasteiger partial charge is 0.269 e. The van der Waals surface area contributed by atoms with Crippen LogP contribution in [-0.2, 0) is 10.0 Å². The highest BCUT2D eigenvalue weighted by atomic mass is 32.2. The Labute approximate surface area is 117 Å². The zero-order chi connectivity index (χ0) is 14.8. The van der Waals surface area contributed by atoms with Gasteiger partial charge in [-0.25, -0.2) is 18.0 Å². The molecule has 0 bridgehead atoms. The van der Waals surface area contributed by atoms with E-state index in [1.54, 1.807) is 30.1 Å². The molecule has 110 valence electrons. The van der Waals surface area contributed by atoms with Crippen LogP contribution >= 0.6 is 0 Å². The zero-order valence-electron chi connectivity index (χ0n) is 11.1. The SMILES string of the molecule is CN1CCC(NS(=O)(=O)c2ccccc2)CC1[N+](=O)[O-]. The maximum absolute atomic E-state index is 12.2. The lowest BCUT2D eigenvalue weighted by Gasteiger charge is -2.31. The van der Waals surface area contributed by atoms with Crippen LogP contribution in [0.4, 0.5) is 0 Å². The first-order valence-corrected chi connectivity index (χ1v) is 7.79. The van der Waals surface area contributed by atoms with Crippen LogP contribution in [0.3, 0.4) is 0 Å². The predicted octanol–water partition coefficient (Wildman–Crippen LogP) is 0.662. The Morgan fingerprint density at radius 1 is 1.35 bits per heavy atom. The Morgan fingerprint density at radius 3 is 2.60 bits per heavy atom. The lowest BCUT2D eigenvalue weighted by Crippen LogP contribution is -2.51. The van der Waals surface area contributed by atoms with E-state index in [1.807, 2.05) is 0 Å². The van der Waals surface area contributed by atoms with Crippen molar-refractivity contribution in [3.05, 3.63) is 40.4 Å². The van der Waals surface area contributed by atoms with E-state index in [1.165, 1.54) is 12.1 Å². The minimum absolute atomic E-state index is 0.176. The Kier molecular flexibility index (Phi) is 4.36. The molecule has 0 aromatic heterocycles. The van der Waals surface area contributed by atoms with E-state index in [0.717, 1.165) is 0 Å². The average molecular weight is 299 g/mol. The van der Waals surface area contributed by atoms with Gasteiger partial charge in [0.05, 0.1) is 4.90 Å². The van der Waals surface area contributed by atoms with Crippen LogP contribution in [0, 0.1) is 10.1 Å². The lowest BCUT2D eigenvalue weighted by molar-refractivity contribution is -0.553. The van der Waals surface area contributed by atoms with Gasteiger partial charge in [0, 0.05) is 23.9 Å². The van der Waals surface area contributed by atoms with E-state index < -0.39 is 22.2 Å². The molecule has 1 aliphatic heterocycles. The number of piperidine rings is 1. The minimum atomic E-state index is -3.62. The summed E-state index contributed by atoms with van der Waals surface area (Å²) in [5, 5.41) is 10.9. The molecule has 20 heavy (non-hydrogen) atoms. The molecule has 2 rings (SSSR count). The van der Waals surface area contributed by atoms with Crippen LogP contribution in [-0.4, -0.2) is 44.0 Å². The van der Waals surface area contributed by atoms with Gasteiger partial charge in [-0.1, -0.05) is 18.2 Å². The topological polar surface area (TPSA) is 92.6 Å². The van der Waals surface area contributed by atoms with Gasteiger partial charge in [-0.15, -0.1) is 0 Å². The summed E-state index contributed by atoms with van der Waals surface area (Å²) >= 11 is 0. The van der Waals surface area contributed by atoms with Gasteiger partial charge in [0.1, 0.15) is 0 Å². The van der Waals surface area contributed by atoms with Crippen molar-refractivity contribution < 1.29 is 13.3 Å². The zero-order valence-corrected chi connectivity index (χ0v) is 11.9. The molecule has 1 N–H and O–H groups in total. The van der Waals surface area contributed by atoms with E-state index in [-0.39, 0.29) is 16.2 Å². The van der Waals surface area contributed by atoms with Crippen LogP contribution in [0.2, 0.25) is 0 Å². The molecular weight excluding hydrogens is 282 g/mol. The summed E-state index contributed by atoms with van der Waals surface area (Å²) in [6.45, 7) is 0.494. The molecule has 1 aromatic carbocycles. The molecule has 2 unspecified atom stereocenters. The number of nitrogens with zero attached hydrogens (tertiary/aromatic N) is 2. The van der Waals surface area contributed by atoms with Crippen molar-refractivity contribution in [2.75, 3.05) is 13.6 Å². The maximum Gasteiger partial charge on any atom is 0.269 e. The van der Waals surface area contributed by atoms with E-state index in [0.29, 0.717) is 13.0 Å². The molecule has 7 nitrogen and oxygen atoms in total. The second-order valence-corrected chi connectivity index (χ2v) is 6.62. The van der Waals surface area contributed by atoms with E-state index in [2.05, 4.69) is 4.72 Å². The first-order valence-electron chi connectivity index (χ1n) is 6.31. The van der Waals surface area contributed by atoms with E-state index in [9.17, 15) is 18.5 Å². The van der Waals surface area contributed by atoms with Crippen LogP contribution in [0.15, 0.2) is 35.2 Å². The van der Waals surface area contributed by atoms with Crippen molar-refractivity contribution in [2.24, 2.45) is 0 Å². The van der Waals surface area contributed by atoms with Crippen molar-refractivity contribution >= 4 is 10.0 Å². The van der Waals surface area contributed by atoms with Crippen molar-refractivity contribution in [3.63, 3.8) is 0 Å². The number of benzene rings is 1. The number of nitro groups is 1. The molecule has 1 aromatic rings. The summed E-state index contributed by atoms with van der Waals surface area (Å²) in [5.74, 6) is 0. The van der Waals surface area contributed by atoms with Crippen molar-refractivity contribution in [1.82, 2.24) is 9.62 Å². The molecule has 0 aliphatic carbocycles. The molecular formula is C12H17N3O4S. The number of sulfonamides is 1. The molecule has 0 radical (unpaired) electrons. The fraction of sp³-hybridized carbons (Fsp3) is 0.500. The molecule has 2 atom stereocenters. The standard InChI is InChI=1S/C12H17N3O4S/c1-14-8-7-10(9-12(14)15(16)17)13-20(18,19)11-5-3-2-4-6-11/h2-6,10,12-13H,7-9H2,1H3. The second-order valence-electron chi connectivity index (χ2n) is 4.90. The Hall–Kier alpha value is -1.51. The number of nitrogens with one attached hydrogen (secondary N) is 1. The fourth-order valence-corrected chi connectivity index (χ4v) is 3.61. The molecule has 0 spiro atoms. The third kappa shape index (κ3) is 3.33. The van der Waals surface area contributed by atoms with Gasteiger partial charge in [0.25, 0.3) is 6.17 Å². The quantitative estimate of drug-likeness (QED) is 0.651. The Bertz CT molecular complexity index is 576. The lowest BCUT2D eigenvalue weighted by atomic mass is 10.0. The molecule has 8 heteroatoms. The molecule has 1 aliphatic rings. The van der Waals surface area contributed by atoms with Crippen LogP contribution in [0.5, 0.6) is 0 Å². The van der Waals surface area contributed by atoms with Crippen molar-refractivity contribution in [1.29, 1.82) is 0 Å². The second kappa shape index (κ2) is 5.86. The van der Waals surface area contributed by atoms with E-state index in [4.69, 9.17) is 0 Å². The number of hydrogen-bond donors (Lipinski definition) is 1. The van der Waals surface area contributed by atoms with Gasteiger partial charge in [0.2, 0.25) is 10.0 Å². The average Bonchev–Trinajstić information content (AvgIpc) is 2.41. The fourth-order valence-electron chi connectivity index (χ4n) is 2.30. The summed E-state index contributed by atoms with van der Waals surface area (Å²) in [7, 11) is -1.94. The number of hydrogen-bond acceptors (Lipinski definition) is 5. The highest BCUT2D eigenvalue weighted by molar-refractivity contribution is 7.89. The highest BCUT2D eigenvalue weighted by Gasteiger charge is 2.35. The summed E-state index contributed by atoms with van der Waals surface area (Å²) in [5.41, 5.74) is 0. The normalized spacial score (nSPS) is 24.4. The Balaban J connectivity index is 2.09. The smallest absolute Gasteiger partial charge is 0.263 e. The maximum atomic E-state index is 12.2. The van der Waals surface area contributed by atoms with Gasteiger partial charge in [-0.05, 0) is 25.6 Å². The first-order chi connectivity index (χ1) is 9.40. The van der Waals surface area contributed by atoms with Crippen molar-refractivity contribution in [3.8, 4) is 0 Å². The van der Waals surface area contributed by atoms with E-state index >= 15 is 0 Å². The number of likely N-dealkylation sites (tertiary alicyclic amines) is 1. The van der Waals surface area contributed by atoms with Gasteiger partial charge in [-0.2, -0.15) is 0 Å². The van der Waals surface area contributed by atoms with Gasteiger partial charge < -0.3 is 0 Å². The van der Waals surface area contributed by atoms with Crippen LogP contribution in [0.1, 0.15) is 12.8 Å². The Morgan fingerprint density at radius 2 is 2.00 bits per heavy atom. The molecule has 1 fully saturated rings. The van der Waals surface area contributed by atoms with Crippen LogP contribution < -0.4 is 4.72 Å². The minimum Gasteiger partial charge on any atom is -0.263 e. The summed E-state index contributed by atoms with van der Waals surface area (Å²) in [4.78, 5) is 12.4. The number of rotatable bonds is 4. The summed E-state index contributed by atoms with van der Waals surface area (Å²) in [6, 6.07) is 7.61. The summed E-state index contributed by atoms with van der Waals surface area (Å²) in [6.07, 6.45) is -0.102. The van der Waals surface area contributed by atoms with Gasteiger partial charge in [0.15, 0.2) is 0 Å². The monoisotopic (exact) mass is 299 g/mol. The third-order valence-corrected chi connectivity index (χ3v) is 4.99. The first kappa shape index (κ1) is 14.9. The molecule has 1 saturated heterocycles. The molecule has 1 heterocycles. The van der Waals surface area contributed by atoms with Crippen molar-refractivity contribution in [2.45, 2.75) is 29.9 Å². The molecule has 0 saturated carbocycles. The summed E-state index contributed by atoms with van der Waals surface area (Å²) < 4.78 is 26.9. The van der Waals surface area contributed by atoms with Crippen LogP contribution in [0.25, 0.3) is 0 Å². The molecule has 0 amide bonds. The predicted molar refractivity (Wildman–Crippen MR) is 73.2 cm³/mol. The van der Waals surface area contributed by atoms with Gasteiger partial charge >= 0.3 is 0 Å². The third-order valence-electron chi connectivity index (χ3n) is 3.45.